The van der Waals surface area contributed by atoms with E-state index in [4.69, 9.17) is 9.47 Å². The first-order valence-corrected chi connectivity index (χ1v) is 8.10. The summed E-state index contributed by atoms with van der Waals surface area (Å²) in [5, 5.41) is 2.35. The van der Waals surface area contributed by atoms with E-state index in [2.05, 4.69) is 5.32 Å². The van der Waals surface area contributed by atoms with Crippen LogP contribution in [0, 0.1) is 0 Å². The molecular weight excluding hydrogens is 294 g/mol. The van der Waals surface area contributed by atoms with Crippen LogP contribution in [0.5, 0.6) is 0 Å². The van der Waals surface area contributed by atoms with Crippen LogP contribution in [0.3, 0.4) is 0 Å². The molecule has 21 heavy (non-hydrogen) atoms. The number of Topliss-reactive ketones (excluding diaryl/α,β-unsaturated/α-hetero) is 1. The molecule has 0 saturated heterocycles. The van der Waals surface area contributed by atoms with Gasteiger partial charge < -0.3 is 14.8 Å². The lowest BCUT2D eigenvalue weighted by Crippen LogP contribution is -2.48. The van der Waals surface area contributed by atoms with Crippen molar-refractivity contribution >= 4 is 29.6 Å². The largest absolute Gasteiger partial charge is 0.466 e. The molecule has 0 bridgehead atoms. The standard InChI is InChI=1S/C14H25NO5S/c1-7-19-11(17)8-10(16)12(9(2)21-6)15-13(18)20-14(3,4)5/h9,12H,7-8H2,1-6H3,(H,15,18)/t9?,12-/m1/s1. The summed E-state index contributed by atoms with van der Waals surface area (Å²) in [7, 11) is 0. The molecule has 1 N–H and O–H groups in total. The summed E-state index contributed by atoms with van der Waals surface area (Å²) >= 11 is 1.42. The third-order valence-electron chi connectivity index (χ3n) is 2.48. The molecule has 0 aliphatic heterocycles. The molecule has 1 unspecified atom stereocenters. The molecule has 0 rings (SSSR count). The molecule has 2 atom stereocenters. The maximum absolute atomic E-state index is 12.1. The minimum absolute atomic E-state index is 0.181. The van der Waals surface area contributed by atoms with Gasteiger partial charge in [0.05, 0.1) is 6.61 Å². The zero-order valence-corrected chi connectivity index (χ0v) is 14.3. The second kappa shape index (κ2) is 8.92. The lowest BCUT2D eigenvalue weighted by molar-refractivity contribution is -0.146. The Morgan fingerprint density at radius 2 is 1.81 bits per heavy atom. The van der Waals surface area contributed by atoms with E-state index in [1.54, 1.807) is 34.6 Å². The predicted octanol–water partition coefficient (Wildman–Crippen LogP) is 2.15. The van der Waals surface area contributed by atoms with Gasteiger partial charge in [0, 0.05) is 5.25 Å². The first-order chi connectivity index (χ1) is 9.60. The predicted molar refractivity (Wildman–Crippen MR) is 82.4 cm³/mol. The Balaban J connectivity index is 4.76. The Morgan fingerprint density at radius 3 is 2.24 bits per heavy atom. The number of nitrogens with one attached hydrogen (secondary N) is 1. The number of ketones is 1. The number of hydrogen-bond acceptors (Lipinski definition) is 6. The quantitative estimate of drug-likeness (QED) is 0.572. The fourth-order valence-corrected chi connectivity index (χ4v) is 1.99. The van der Waals surface area contributed by atoms with Crippen molar-refractivity contribution in [1.29, 1.82) is 0 Å². The molecule has 0 aromatic carbocycles. The number of carbonyl (C=O) groups excluding carboxylic acids is 3. The molecule has 0 aliphatic carbocycles. The number of rotatable bonds is 7. The third kappa shape index (κ3) is 8.60. The molecule has 0 saturated carbocycles. The summed E-state index contributed by atoms with van der Waals surface area (Å²) in [6.45, 7) is 8.90. The topological polar surface area (TPSA) is 81.7 Å². The van der Waals surface area contributed by atoms with Crippen molar-refractivity contribution in [2.45, 2.75) is 57.9 Å². The minimum Gasteiger partial charge on any atom is -0.466 e. The van der Waals surface area contributed by atoms with Crippen molar-refractivity contribution in [3.05, 3.63) is 0 Å². The van der Waals surface area contributed by atoms with Gasteiger partial charge >= 0.3 is 12.1 Å². The summed E-state index contributed by atoms with van der Waals surface area (Å²) in [6.07, 6.45) is 0.788. The second-order valence-corrected chi connectivity index (χ2v) is 6.73. The van der Waals surface area contributed by atoms with Crippen LogP contribution in [0.25, 0.3) is 0 Å². The summed E-state index contributed by atoms with van der Waals surface area (Å²) in [4.78, 5) is 35.3. The normalized spacial score (nSPS) is 14.0. The molecule has 1 amide bonds. The molecule has 6 nitrogen and oxygen atoms in total. The molecule has 0 heterocycles. The summed E-state index contributed by atoms with van der Waals surface area (Å²) < 4.78 is 9.89. The molecule has 0 spiro atoms. The van der Waals surface area contributed by atoms with Crippen molar-refractivity contribution in [3.8, 4) is 0 Å². The maximum Gasteiger partial charge on any atom is 0.408 e. The van der Waals surface area contributed by atoms with Crippen LogP contribution in [-0.2, 0) is 19.1 Å². The fourth-order valence-electron chi connectivity index (χ4n) is 1.49. The molecule has 7 heteroatoms. The van der Waals surface area contributed by atoms with E-state index in [0.717, 1.165) is 0 Å². The van der Waals surface area contributed by atoms with Crippen LogP contribution in [0.4, 0.5) is 4.79 Å². The number of carbonyl (C=O) groups is 3. The Kier molecular flexibility index (Phi) is 8.39. The molecule has 122 valence electrons. The Hall–Kier alpha value is -1.24. The Morgan fingerprint density at radius 1 is 1.24 bits per heavy atom. The Labute approximate surface area is 130 Å². The lowest BCUT2D eigenvalue weighted by Gasteiger charge is -2.25. The summed E-state index contributed by atoms with van der Waals surface area (Å²) in [6, 6.07) is -0.792. The molecule has 0 fully saturated rings. The zero-order valence-electron chi connectivity index (χ0n) is 13.5. The number of ether oxygens (including phenoxy) is 2. The molecule has 0 aromatic rings. The van der Waals surface area contributed by atoms with Gasteiger partial charge in [-0.15, -0.1) is 0 Å². The van der Waals surface area contributed by atoms with E-state index in [9.17, 15) is 14.4 Å². The van der Waals surface area contributed by atoms with Crippen molar-refractivity contribution in [1.82, 2.24) is 5.32 Å². The number of alkyl carbamates (subject to hydrolysis) is 1. The highest BCUT2D eigenvalue weighted by Gasteiger charge is 2.30. The van der Waals surface area contributed by atoms with Crippen LogP contribution in [0.2, 0.25) is 0 Å². The number of esters is 1. The van der Waals surface area contributed by atoms with E-state index < -0.39 is 23.7 Å². The van der Waals surface area contributed by atoms with Gasteiger partial charge in [-0.05, 0) is 34.0 Å². The first kappa shape index (κ1) is 19.8. The van der Waals surface area contributed by atoms with Crippen LogP contribution in [0.1, 0.15) is 41.0 Å². The van der Waals surface area contributed by atoms with E-state index in [1.807, 2.05) is 6.26 Å². The summed E-state index contributed by atoms with van der Waals surface area (Å²) in [5.74, 6) is -0.979. The van der Waals surface area contributed by atoms with Gasteiger partial charge in [0.25, 0.3) is 0 Å². The van der Waals surface area contributed by atoms with E-state index in [1.165, 1.54) is 11.8 Å². The smallest absolute Gasteiger partial charge is 0.408 e. The fraction of sp³-hybridized carbons (Fsp3) is 0.786. The van der Waals surface area contributed by atoms with Crippen molar-refractivity contribution in [2.75, 3.05) is 12.9 Å². The second-order valence-electron chi connectivity index (χ2n) is 5.51. The van der Waals surface area contributed by atoms with Crippen LogP contribution < -0.4 is 5.32 Å². The van der Waals surface area contributed by atoms with Crippen LogP contribution >= 0.6 is 11.8 Å². The average molecular weight is 319 g/mol. The highest BCUT2D eigenvalue weighted by Crippen LogP contribution is 2.14. The van der Waals surface area contributed by atoms with Crippen molar-refractivity contribution in [2.24, 2.45) is 0 Å². The number of amides is 1. The zero-order chi connectivity index (χ0) is 16.6. The van der Waals surface area contributed by atoms with Gasteiger partial charge in [0.1, 0.15) is 18.1 Å². The molecular formula is C14H25NO5S. The van der Waals surface area contributed by atoms with Gasteiger partial charge in [0.15, 0.2) is 5.78 Å². The SMILES string of the molecule is CCOC(=O)CC(=O)[C@H](NC(=O)OC(C)(C)C)C(C)SC. The van der Waals surface area contributed by atoms with Gasteiger partial charge in [0.2, 0.25) is 0 Å². The van der Waals surface area contributed by atoms with Crippen molar-refractivity contribution in [3.63, 3.8) is 0 Å². The van der Waals surface area contributed by atoms with Gasteiger partial charge in [-0.1, -0.05) is 6.92 Å². The first-order valence-electron chi connectivity index (χ1n) is 6.81. The molecule has 0 aromatic heterocycles. The van der Waals surface area contributed by atoms with Crippen LogP contribution in [-0.4, -0.2) is 47.6 Å². The van der Waals surface area contributed by atoms with E-state index >= 15 is 0 Å². The minimum atomic E-state index is -0.792. The highest BCUT2D eigenvalue weighted by atomic mass is 32.2. The van der Waals surface area contributed by atoms with Gasteiger partial charge in [-0.2, -0.15) is 11.8 Å². The third-order valence-corrected chi connectivity index (χ3v) is 3.50. The molecule has 0 radical (unpaired) electrons. The van der Waals surface area contributed by atoms with E-state index in [0.29, 0.717) is 0 Å². The lowest BCUT2D eigenvalue weighted by atomic mass is 10.1. The van der Waals surface area contributed by atoms with Crippen LogP contribution in [0.15, 0.2) is 0 Å². The van der Waals surface area contributed by atoms with Crippen molar-refractivity contribution < 1.29 is 23.9 Å². The Bertz CT molecular complexity index is 378. The number of thioether (sulfide) groups is 1. The molecule has 0 aliphatic rings. The average Bonchev–Trinajstić information content (AvgIpc) is 2.32. The number of hydrogen-bond donors (Lipinski definition) is 1. The van der Waals surface area contributed by atoms with E-state index in [-0.39, 0.29) is 24.1 Å². The maximum atomic E-state index is 12.1. The highest BCUT2D eigenvalue weighted by molar-refractivity contribution is 7.99. The monoisotopic (exact) mass is 319 g/mol. The van der Waals surface area contributed by atoms with Gasteiger partial charge in [-0.25, -0.2) is 4.79 Å². The summed E-state index contributed by atoms with van der Waals surface area (Å²) in [5.41, 5.74) is -0.651. The van der Waals surface area contributed by atoms with Gasteiger partial charge in [-0.3, -0.25) is 9.59 Å².